The fourth-order valence-electron chi connectivity index (χ4n) is 2.66. The number of pyridine rings is 1. The second-order valence-corrected chi connectivity index (χ2v) is 5.34. The lowest BCUT2D eigenvalue weighted by molar-refractivity contribution is 0.416. The fourth-order valence-corrected chi connectivity index (χ4v) is 2.66. The Bertz CT molecular complexity index is 991. The van der Waals surface area contributed by atoms with Crippen LogP contribution in [0.1, 0.15) is 0 Å². The largest absolute Gasteiger partial charge is 0.496 e. The Hall–Kier alpha value is -3.34. The van der Waals surface area contributed by atoms with Crippen LogP contribution in [0.5, 0.6) is 5.75 Å². The molecule has 0 aliphatic heterocycles. The molecule has 4 aromatic rings. The van der Waals surface area contributed by atoms with E-state index >= 15 is 0 Å². The summed E-state index contributed by atoms with van der Waals surface area (Å²) in [6.07, 6.45) is 1.71. The number of fused-ring (bicyclic) bond motifs is 1. The molecule has 0 saturated heterocycles. The zero-order valence-corrected chi connectivity index (χ0v) is 13.1. The lowest BCUT2D eigenvalue weighted by Crippen LogP contribution is -1.95. The van der Waals surface area contributed by atoms with Gasteiger partial charge in [-0.2, -0.15) is 0 Å². The van der Waals surface area contributed by atoms with Gasteiger partial charge in [0, 0.05) is 17.3 Å². The third-order valence-electron chi connectivity index (χ3n) is 3.84. The van der Waals surface area contributed by atoms with Crippen LogP contribution in [0, 0.1) is 0 Å². The Kier molecular flexibility index (Phi) is 3.39. The van der Waals surface area contributed by atoms with Crippen LogP contribution in [0.15, 0.2) is 65.2 Å². The first-order valence-electron chi connectivity index (χ1n) is 7.51. The van der Waals surface area contributed by atoms with Crippen LogP contribution in [0.3, 0.4) is 0 Å². The van der Waals surface area contributed by atoms with Gasteiger partial charge in [-0.05, 0) is 42.5 Å². The molecule has 0 spiro atoms. The summed E-state index contributed by atoms with van der Waals surface area (Å²) in [7, 11) is 1.62. The number of ether oxygens (including phenoxy) is 1. The van der Waals surface area contributed by atoms with Crippen molar-refractivity contribution in [1.82, 2.24) is 9.97 Å². The van der Waals surface area contributed by atoms with E-state index in [-0.39, 0.29) is 0 Å². The topological polar surface area (TPSA) is 74.2 Å². The summed E-state index contributed by atoms with van der Waals surface area (Å²) in [5.74, 6) is 1.22. The van der Waals surface area contributed by atoms with Crippen molar-refractivity contribution in [2.45, 2.75) is 0 Å². The molecule has 2 N–H and O–H groups in total. The molecule has 0 fully saturated rings. The molecule has 2 aromatic heterocycles. The fraction of sp³-hybridized carbons (Fsp3) is 0.0526. The second kappa shape index (κ2) is 5.70. The summed E-state index contributed by atoms with van der Waals surface area (Å²) >= 11 is 0. The lowest BCUT2D eigenvalue weighted by atomic mass is 10.1. The first-order valence-corrected chi connectivity index (χ1v) is 7.51. The van der Waals surface area contributed by atoms with E-state index in [1.165, 1.54) is 0 Å². The molecule has 5 nitrogen and oxygen atoms in total. The predicted molar refractivity (Wildman–Crippen MR) is 93.6 cm³/mol. The molecule has 0 amide bonds. The number of anilines is 1. The van der Waals surface area contributed by atoms with Crippen molar-refractivity contribution in [2.24, 2.45) is 0 Å². The standard InChI is InChI=1S/C19H15N3O2/c1-23-17-11-12(19-22-15-6-2-3-7-16(15)24-19)8-9-13(17)18-14(20)5-4-10-21-18/h2-11H,20H2,1H3. The van der Waals surface area contributed by atoms with Crippen LogP contribution < -0.4 is 10.5 Å². The Morgan fingerprint density at radius 1 is 1.04 bits per heavy atom. The van der Waals surface area contributed by atoms with Crippen LogP contribution in [-0.4, -0.2) is 17.1 Å². The highest BCUT2D eigenvalue weighted by molar-refractivity contribution is 5.81. The number of oxazole rings is 1. The van der Waals surface area contributed by atoms with Crippen LogP contribution in [0.4, 0.5) is 5.69 Å². The third kappa shape index (κ3) is 2.36. The van der Waals surface area contributed by atoms with E-state index in [0.717, 1.165) is 22.2 Å². The molecule has 2 heterocycles. The summed E-state index contributed by atoms with van der Waals surface area (Å²) in [4.78, 5) is 8.87. The van der Waals surface area contributed by atoms with E-state index in [2.05, 4.69) is 9.97 Å². The minimum absolute atomic E-state index is 0.551. The molecule has 0 saturated carbocycles. The number of aromatic nitrogens is 2. The van der Waals surface area contributed by atoms with Gasteiger partial charge in [-0.25, -0.2) is 4.98 Å². The van der Waals surface area contributed by atoms with E-state index in [9.17, 15) is 0 Å². The smallest absolute Gasteiger partial charge is 0.227 e. The van der Waals surface area contributed by atoms with Gasteiger partial charge in [-0.1, -0.05) is 12.1 Å². The molecule has 0 aliphatic rings. The number of nitrogens with two attached hydrogens (primary N) is 1. The van der Waals surface area contributed by atoms with Gasteiger partial charge in [0.05, 0.1) is 18.5 Å². The molecule has 0 radical (unpaired) electrons. The molecule has 0 aliphatic carbocycles. The molecular formula is C19H15N3O2. The van der Waals surface area contributed by atoms with Crippen molar-refractivity contribution in [3.05, 3.63) is 60.8 Å². The van der Waals surface area contributed by atoms with Gasteiger partial charge in [0.2, 0.25) is 5.89 Å². The van der Waals surface area contributed by atoms with E-state index in [1.54, 1.807) is 19.4 Å². The first kappa shape index (κ1) is 14.3. The van der Waals surface area contributed by atoms with Crippen LogP contribution in [0.25, 0.3) is 33.8 Å². The first-order chi connectivity index (χ1) is 11.8. The van der Waals surface area contributed by atoms with Gasteiger partial charge in [0.25, 0.3) is 0 Å². The van der Waals surface area contributed by atoms with Gasteiger partial charge < -0.3 is 14.9 Å². The van der Waals surface area contributed by atoms with Crippen molar-refractivity contribution >= 4 is 16.8 Å². The number of nitrogens with zero attached hydrogens (tertiary/aromatic N) is 2. The molecule has 118 valence electrons. The average Bonchev–Trinajstić information content (AvgIpc) is 3.06. The maximum absolute atomic E-state index is 6.03. The highest BCUT2D eigenvalue weighted by atomic mass is 16.5. The normalized spacial score (nSPS) is 10.9. The Labute approximate surface area is 138 Å². The number of benzene rings is 2. The summed E-state index contributed by atoms with van der Waals surface area (Å²) in [5, 5.41) is 0. The molecule has 0 bridgehead atoms. The summed E-state index contributed by atoms with van der Waals surface area (Å²) in [5.41, 5.74) is 10.6. The molecule has 4 rings (SSSR count). The highest BCUT2D eigenvalue weighted by Gasteiger charge is 2.14. The monoisotopic (exact) mass is 317 g/mol. The minimum Gasteiger partial charge on any atom is -0.496 e. The van der Waals surface area contributed by atoms with Crippen LogP contribution >= 0.6 is 0 Å². The molecule has 0 unspecified atom stereocenters. The van der Waals surface area contributed by atoms with Crippen molar-refractivity contribution in [1.29, 1.82) is 0 Å². The van der Waals surface area contributed by atoms with Gasteiger partial charge >= 0.3 is 0 Å². The Balaban J connectivity index is 1.83. The van der Waals surface area contributed by atoms with Gasteiger partial charge in [-0.3, -0.25) is 4.98 Å². The molecule has 24 heavy (non-hydrogen) atoms. The van der Waals surface area contributed by atoms with Gasteiger partial charge in [-0.15, -0.1) is 0 Å². The van der Waals surface area contributed by atoms with Crippen molar-refractivity contribution in [3.8, 4) is 28.5 Å². The van der Waals surface area contributed by atoms with Crippen molar-refractivity contribution in [3.63, 3.8) is 0 Å². The SMILES string of the molecule is COc1cc(-c2nc3ccccc3o2)ccc1-c1ncccc1N. The third-order valence-corrected chi connectivity index (χ3v) is 3.84. The van der Waals surface area contributed by atoms with E-state index < -0.39 is 0 Å². The number of hydrogen-bond donors (Lipinski definition) is 1. The van der Waals surface area contributed by atoms with Crippen LogP contribution in [-0.2, 0) is 0 Å². The van der Waals surface area contributed by atoms with Gasteiger partial charge in [0.15, 0.2) is 5.58 Å². The summed E-state index contributed by atoms with van der Waals surface area (Å²) < 4.78 is 11.3. The maximum atomic E-state index is 6.03. The van der Waals surface area contributed by atoms with E-state index in [4.69, 9.17) is 14.9 Å². The van der Waals surface area contributed by atoms with E-state index in [0.29, 0.717) is 23.0 Å². The van der Waals surface area contributed by atoms with Gasteiger partial charge in [0.1, 0.15) is 11.3 Å². The maximum Gasteiger partial charge on any atom is 0.227 e. The Morgan fingerprint density at radius 2 is 1.92 bits per heavy atom. The Morgan fingerprint density at radius 3 is 2.71 bits per heavy atom. The van der Waals surface area contributed by atoms with Crippen molar-refractivity contribution < 1.29 is 9.15 Å². The van der Waals surface area contributed by atoms with Crippen LogP contribution in [0.2, 0.25) is 0 Å². The van der Waals surface area contributed by atoms with Crippen molar-refractivity contribution in [2.75, 3.05) is 12.8 Å². The zero-order chi connectivity index (χ0) is 16.5. The number of hydrogen-bond acceptors (Lipinski definition) is 5. The minimum atomic E-state index is 0.551. The number of rotatable bonds is 3. The number of methoxy groups -OCH3 is 1. The van der Waals surface area contributed by atoms with E-state index in [1.807, 2.05) is 48.5 Å². The number of nitrogen functional groups attached to an aromatic ring is 1. The summed E-state index contributed by atoms with van der Waals surface area (Å²) in [6.45, 7) is 0. The quantitative estimate of drug-likeness (QED) is 0.614. The zero-order valence-electron chi connectivity index (χ0n) is 13.1. The molecular weight excluding hydrogens is 302 g/mol. The lowest BCUT2D eigenvalue weighted by Gasteiger charge is -2.10. The predicted octanol–water partition coefficient (Wildman–Crippen LogP) is 4.15. The number of para-hydroxylation sites is 2. The molecule has 0 atom stereocenters. The molecule has 2 aromatic carbocycles. The molecule has 5 heteroatoms. The average molecular weight is 317 g/mol. The highest BCUT2D eigenvalue weighted by Crippen LogP contribution is 2.35. The second-order valence-electron chi connectivity index (χ2n) is 5.34. The summed E-state index contributed by atoms with van der Waals surface area (Å²) in [6, 6.07) is 17.0.